The van der Waals surface area contributed by atoms with Gasteiger partial charge in [-0.25, -0.2) is 9.78 Å². The molecule has 148 valence electrons. The molecule has 1 fully saturated rings. The van der Waals surface area contributed by atoms with Crippen molar-refractivity contribution >= 4 is 23.6 Å². The van der Waals surface area contributed by atoms with Crippen molar-refractivity contribution in [2.45, 2.75) is 58.2 Å². The van der Waals surface area contributed by atoms with Crippen LogP contribution in [0, 0.1) is 0 Å². The van der Waals surface area contributed by atoms with Crippen LogP contribution >= 0.6 is 11.6 Å². The second kappa shape index (κ2) is 8.49. The largest absolute Gasteiger partial charge is 0.444 e. The number of H-pyrrole nitrogens is 1. The minimum absolute atomic E-state index is 0.103. The van der Waals surface area contributed by atoms with Gasteiger partial charge < -0.3 is 19.9 Å². The van der Waals surface area contributed by atoms with Crippen LogP contribution in [-0.2, 0) is 11.2 Å². The molecule has 27 heavy (non-hydrogen) atoms. The van der Waals surface area contributed by atoms with Crippen molar-refractivity contribution in [2.75, 3.05) is 13.1 Å². The summed E-state index contributed by atoms with van der Waals surface area (Å²) in [5.41, 5.74) is 8.90. The number of rotatable bonds is 4. The number of ether oxygens (including phenoxy) is 1. The van der Waals surface area contributed by atoms with Gasteiger partial charge in [0, 0.05) is 24.0 Å². The Morgan fingerprint density at radius 1 is 1.52 bits per heavy atom. The monoisotopic (exact) mass is 397 g/mol. The lowest BCUT2D eigenvalue weighted by Crippen LogP contribution is -2.55. The SMILES string of the molecule is CCc1[nH]c(C(=O)N[C@H]2CCN(C(=O)OC(C)(C)C)C[C@H]2N=[N+]=[N-])nc1Cl. The zero-order valence-electron chi connectivity index (χ0n) is 15.8. The van der Waals surface area contributed by atoms with Crippen LogP contribution in [0.15, 0.2) is 5.11 Å². The second-order valence-corrected chi connectivity index (χ2v) is 7.63. The summed E-state index contributed by atoms with van der Waals surface area (Å²) in [6, 6.07) is -1.04. The van der Waals surface area contributed by atoms with Gasteiger partial charge in [-0.15, -0.1) is 0 Å². The fraction of sp³-hybridized carbons (Fsp3) is 0.688. The van der Waals surface area contributed by atoms with Crippen LogP contribution in [0.4, 0.5) is 4.79 Å². The third kappa shape index (κ3) is 5.51. The van der Waals surface area contributed by atoms with E-state index in [4.69, 9.17) is 21.9 Å². The number of piperidine rings is 1. The van der Waals surface area contributed by atoms with Crippen LogP contribution in [0.5, 0.6) is 0 Å². The Kier molecular flexibility index (Phi) is 6.56. The second-order valence-electron chi connectivity index (χ2n) is 7.28. The summed E-state index contributed by atoms with van der Waals surface area (Å²) in [7, 11) is 0. The minimum atomic E-state index is -0.619. The third-order valence-electron chi connectivity index (χ3n) is 4.05. The normalized spacial score (nSPS) is 20.0. The van der Waals surface area contributed by atoms with E-state index in [0.29, 0.717) is 25.1 Å². The molecule has 0 bridgehead atoms. The van der Waals surface area contributed by atoms with E-state index >= 15 is 0 Å². The van der Waals surface area contributed by atoms with Crippen LogP contribution in [0.2, 0.25) is 5.15 Å². The van der Waals surface area contributed by atoms with Gasteiger partial charge in [0.1, 0.15) is 5.60 Å². The van der Waals surface area contributed by atoms with Gasteiger partial charge in [0.2, 0.25) is 0 Å². The maximum Gasteiger partial charge on any atom is 0.410 e. The van der Waals surface area contributed by atoms with E-state index in [2.05, 4.69) is 25.3 Å². The molecule has 0 radical (unpaired) electrons. The van der Waals surface area contributed by atoms with Gasteiger partial charge >= 0.3 is 6.09 Å². The molecule has 2 amide bonds. The Morgan fingerprint density at radius 2 is 2.22 bits per heavy atom. The van der Waals surface area contributed by atoms with Crippen molar-refractivity contribution in [3.05, 3.63) is 27.1 Å². The zero-order chi connectivity index (χ0) is 20.2. The maximum atomic E-state index is 12.4. The van der Waals surface area contributed by atoms with Crippen molar-refractivity contribution in [3.63, 3.8) is 0 Å². The number of nitrogens with one attached hydrogen (secondary N) is 2. The Bertz CT molecular complexity index is 752. The summed E-state index contributed by atoms with van der Waals surface area (Å²) in [6.45, 7) is 7.76. The average Bonchev–Trinajstić information content (AvgIpc) is 2.96. The summed E-state index contributed by atoms with van der Waals surface area (Å²) in [5.74, 6) is -0.337. The number of aryl methyl sites for hydroxylation is 1. The Balaban J connectivity index is 2.05. The molecule has 1 aromatic rings. The average molecular weight is 398 g/mol. The van der Waals surface area contributed by atoms with E-state index in [1.165, 1.54) is 4.90 Å². The lowest BCUT2D eigenvalue weighted by Gasteiger charge is -2.37. The highest BCUT2D eigenvalue weighted by atomic mass is 35.5. The Labute approximate surface area is 162 Å². The number of carbonyl (C=O) groups excluding carboxylic acids is 2. The van der Waals surface area contributed by atoms with E-state index in [-0.39, 0.29) is 17.5 Å². The number of hydrogen-bond donors (Lipinski definition) is 2. The van der Waals surface area contributed by atoms with E-state index in [1.807, 2.05) is 6.92 Å². The number of imidazole rings is 1. The number of carbonyl (C=O) groups is 2. The van der Waals surface area contributed by atoms with E-state index in [0.717, 1.165) is 0 Å². The highest BCUT2D eigenvalue weighted by Gasteiger charge is 2.34. The number of azide groups is 1. The summed E-state index contributed by atoms with van der Waals surface area (Å²) < 4.78 is 5.35. The van der Waals surface area contributed by atoms with Gasteiger partial charge in [-0.1, -0.05) is 23.6 Å². The molecule has 0 unspecified atom stereocenters. The first-order chi connectivity index (χ1) is 12.6. The summed E-state index contributed by atoms with van der Waals surface area (Å²) >= 11 is 5.97. The molecular weight excluding hydrogens is 374 g/mol. The highest BCUT2D eigenvalue weighted by Crippen LogP contribution is 2.19. The minimum Gasteiger partial charge on any atom is -0.444 e. The van der Waals surface area contributed by atoms with Crippen LogP contribution in [0.3, 0.4) is 0 Å². The number of nitrogens with zero attached hydrogens (tertiary/aromatic N) is 5. The molecule has 10 nitrogen and oxygen atoms in total. The fourth-order valence-electron chi connectivity index (χ4n) is 2.74. The summed E-state index contributed by atoms with van der Waals surface area (Å²) in [4.78, 5) is 35.9. The number of hydrogen-bond acceptors (Lipinski definition) is 5. The van der Waals surface area contributed by atoms with Crippen LogP contribution in [-0.4, -0.2) is 57.6 Å². The summed E-state index contributed by atoms with van der Waals surface area (Å²) in [5, 5.41) is 6.81. The topological polar surface area (TPSA) is 136 Å². The number of aromatic amines is 1. The number of amides is 2. The Hall–Kier alpha value is -2.45. The van der Waals surface area contributed by atoms with Crippen molar-refractivity contribution in [1.29, 1.82) is 0 Å². The standard InChI is InChI=1S/C16H24ClN7O3/c1-5-9-12(17)21-13(19-9)14(25)20-10-6-7-24(8-11(10)22-23-18)15(26)27-16(2,3)4/h10-11H,5-8H2,1-4H3,(H,19,21)(H,20,25)/t10-,11+/m0/s1. The smallest absolute Gasteiger partial charge is 0.410 e. The molecule has 2 rings (SSSR count). The number of likely N-dealkylation sites (tertiary alicyclic amines) is 1. The molecule has 2 heterocycles. The molecule has 0 aromatic carbocycles. The van der Waals surface area contributed by atoms with E-state index in [1.54, 1.807) is 20.8 Å². The molecule has 1 aliphatic rings. The van der Waals surface area contributed by atoms with Crippen molar-refractivity contribution < 1.29 is 14.3 Å². The van der Waals surface area contributed by atoms with Gasteiger partial charge in [0.15, 0.2) is 11.0 Å². The third-order valence-corrected chi connectivity index (χ3v) is 4.36. The van der Waals surface area contributed by atoms with Crippen LogP contribution in [0.1, 0.15) is 50.4 Å². The first-order valence-corrected chi connectivity index (χ1v) is 9.09. The van der Waals surface area contributed by atoms with Crippen molar-refractivity contribution in [2.24, 2.45) is 5.11 Å². The number of aromatic nitrogens is 2. The summed E-state index contributed by atoms with van der Waals surface area (Å²) in [6.07, 6.45) is 0.564. The van der Waals surface area contributed by atoms with E-state index < -0.39 is 29.7 Å². The predicted octanol–water partition coefficient (Wildman–Crippen LogP) is 3.04. The van der Waals surface area contributed by atoms with Crippen molar-refractivity contribution in [3.8, 4) is 0 Å². The van der Waals surface area contributed by atoms with Crippen LogP contribution in [0.25, 0.3) is 10.4 Å². The first kappa shape index (κ1) is 20.9. The van der Waals surface area contributed by atoms with Gasteiger partial charge in [-0.05, 0) is 39.1 Å². The van der Waals surface area contributed by atoms with E-state index in [9.17, 15) is 9.59 Å². The number of halogens is 1. The molecule has 0 saturated carbocycles. The van der Waals surface area contributed by atoms with Crippen LogP contribution < -0.4 is 5.32 Å². The molecule has 0 aliphatic carbocycles. The molecule has 0 spiro atoms. The molecule has 2 N–H and O–H groups in total. The predicted molar refractivity (Wildman–Crippen MR) is 99.6 cm³/mol. The molecule has 1 aromatic heterocycles. The lowest BCUT2D eigenvalue weighted by molar-refractivity contribution is 0.0180. The first-order valence-electron chi connectivity index (χ1n) is 8.72. The van der Waals surface area contributed by atoms with Gasteiger partial charge in [-0.2, -0.15) is 0 Å². The highest BCUT2D eigenvalue weighted by molar-refractivity contribution is 6.30. The van der Waals surface area contributed by atoms with Crippen molar-refractivity contribution in [1.82, 2.24) is 20.2 Å². The molecule has 1 saturated heterocycles. The molecule has 1 aliphatic heterocycles. The molecular formula is C16H24ClN7O3. The van der Waals surface area contributed by atoms with Gasteiger partial charge in [0.25, 0.3) is 5.91 Å². The molecule has 11 heteroatoms. The Morgan fingerprint density at radius 3 is 2.78 bits per heavy atom. The molecule has 2 atom stereocenters. The fourth-order valence-corrected chi connectivity index (χ4v) is 3.01. The zero-order valence-corrected chi connectivity index (χ0v) is 16.6. The lowest BCUT2D eigenvalue weighted by atomic mass is 10.00. The van der Waals surface area contributed by atoms with Gasteiger partial charge in [-0.3, -0.25) is 4.79 Å². The maximum absolute atomic E-state index is 12.4. The quantitative estimate of drug-likeness (QED) is 0.458. The van der Waals surface area contributed by atoms with Gasteiger partial charge in [0.05, 0.1) is 11.7 Å².